The Morgan fingerprint density at radius 1 is 1.39 bits per heavy atom. The molecule has 2 amide bonds. The summed E-state index contributed by atoms with van der Waals surface area (Å²) in [5.41, 5.74) is 0.761. The number of rotatable bonds is 6. The largest absolute Gasteiger partial charge is 0.494 e. The summed E-state index contributed by atoms with van der Waals surface area (Å²) in [6.07, 6.45) is 2.96. The van der Waals surface area contributed by atoms with Crippen LogP contribution in [0, 0.1) is 11.8 Å². The molecule has 1 aliphatic heterocycles. The Morgan fingerprint density at radius 3 is 2.78 bits per heavy atom. The molecule has 1 atom stereocenters. The molecule has 2 N–H and O–H groups in total. The number of hydrogen-bond acceptors (Lipinski definition) is 3. The molecule has 5 heteroatoms. The Balaban J connectivity index is 1.81. The van der Waals surface area contributed by atoms with Crippen molar-refractivity contribution in [1.29, 1.82) is 0 Å². The second-order valence-corrected chi connectivity index (χ2v) is 6.62. The Hall–Kier alpha value is -1.75. The number of anilines is 1. The molecule has 23 heavy (non-hydrogen) atoms. The lowest BCUT2D eigenvalue weighted by molar-refractivity contribution is 0.136. The van der Waals surface area contributed by atoms with Crippen LogP contribution in [0.15, 0.2) is 24.3 Å². The molecule has 0 saturated carbocycles. The maximum atomic E-state index is 12.3. The zero-order valence-corrected chi connectivity index (χ0v) is 14.1. The first-order chi connectivity index (χ1) is 11.1. The number of piperidine rings is 1. The van der Waals surface area contributed by atoms with Crippen LogP contribution in [-0.4, -0.2) is 42.3 Å². The molecule has 0 radical (unpaired) electrons. The Morgan fingerprint density at radius 2 is 2.13 bits per heavy atom. The van der Waals surface area contributed by atoms with Gasteiger partial charge in [-0.15, -0.1) is 0 Å². The van der Waals surface area contributed by atoms with Crippen LogP contribution >= 0.6 is 0 Å². The maximum absolute atomic E-state index is 12.3. The molecule has 0 unspecified atom stereocenters. The van der Waals surface area contributed by atoms with Crippen molar-refractivity contribution in [3.63, 3.8) is 0 Å². The Bertz CT molecular complexity index is 488. The first-order valence-corrected chi connectivity index (χ1v) is 8.48. The number of nitrogens with one attached hydrogen (secondary N) is 1. The molecule has 1 aromatic carbocycles. The Kier molecular flexibility index (Phi) is 6.71. The smallest absolute Gasteiger partial charge is 0.321 e. The molecule has 0 spiro atoms. The quantitative estimate of drug-likeness (QED) is 0.845. The van der Waals surface area contributed by atoms with Gasteiger partial charge in [0.1, 0.15) is 5.75 Å². The van der Waals surface area contributed by atoms with Gasteiger partial charge in [-0.2, -0.15) is 0 Å². The van der Waals surface area contributed by atoms with Crippen molar-refractivity contribution in [3.8, 4) is 5.75 Å². The average Bonchev–Trinajstić information content (AvgIpc) is 2.56. The third kappa shape index (κ3) is 5.75. The summed E-state index contributed by atoms with van der Waals surface area (Å²) in [5.74, 6) is 1.65. The molecule has 1 saturated heterocycles. The lowest BCUT2D eigenvalue weighted by Crippen LogP contribution is -2.43. The third-order valence-electron chi connectivity index (χ3n) is 4.13. The fourth-order valence-electron chi connectivity index (χ4n) is 2.65. The van der Waals surface area contributed by atoms with Crippen LogP contribution in [-0.2, 0) is 0 Å². The van der Waals surface area contributed by atoms with Gasteiger partial charge in [0.25, 0.3) is 0 Å². The van der Waals surface area contributed by atoms with Crippen LogP contribution < -0.4 is 10.1 Å². The predicted octanol–water partition coefficient (Wildman–Crippen LogP) is 3.35. The van der Waals surface area contributed by atoms with Gasteiger partial charge in [-0.1, -0.05) is 13.8 Å². The fourth-order valence-corrected chi connectivity index (χ4v) is 2.65. The SMILES string of the molecule is CC(C)CCOc1ccc(NC(=O)N2CCC[C@H](CO)C2)cc1. The summed E-state index contributed by atoms with van der Waals surface area (Å²) in [6.45, 7) is 6.57. The van der Waals surface area contributed by atoms with Gasteiger partial charge in [-0.25, -0.2) is 4.79 Å². The van der Waals surface area contributed by atoms with Gasteiger partial charge in [0.15, 0.2) is 0 Å². The minimum absolute atomic E-state index is 0.100. The van der Waals surface area contributed by atoms with Gasteiger partial charge in [0.2, 0.25) is 0 Å². The highest BCUT2D eigenvalue weighted by Crippen LogP contribution is 2.19. The van der Waals surface area contributed by atoms with Crippen molar-refractivity contribution in [2.75, 3.05) is 31.6 Å². The van der Waals surface area contributed by atoms with Crippen LogP contribution in [0.25, 0.3) is 0 Å². The summed E-state index contributed by atoms with van der Waals surface area (Å²) in [6, 6.07) is 7.37. The van der Waals surface area contributed by atoms with Gasteiger partial charge in [-0.3, -0.25) is 0 Å². The van der Waals surface area contributed by atoms with Crippen molar-refractivity contribution >= 4 is 11.7 Å². The number of carbonyl (C=O) groups is 1. The van der Waals surface area contributed by atoms with Crippen LogP contribution in [0.2, 0.25) is 0 Å². The molecule has 1 aliphatic rings. The van der Waals surface area contributed by atoms with Crippen molar-refractivity contribution in [2.24, 2.45) is 11.8 Å². The highest BCUT2D eigenvalue weighted by molar-refractivity contribution is 5.89. The van der Waals surface area contributed by atoms with Crippen LogP contribution in [0.3, 0.4) is 0 Å². The number of ether oxygens (including phenoxy) is 1. The topological polar surface area (TPSA) is 61.8 Å². The number of hydrogen-bond donors (Lipinski definition) is 2. The second-order valence-electron chi connectivity index (χ2n) is 6.62. The van der Waals surface area contributed by atoms with E-state index in [4.69, 9.17) is 4.74 Å². The van der Waals surface area contributed by atoms with E-state index in [1.54, 1.807) is 4.90 Å². The minimum Gasteiger partial charge on any atom is -0.494 e. The summed E-state index contributed by atoms with van der Waals surface area (Å²) >= 11 is 0. The number of amides is 2. The van der Waals surface area contributed by atoms with E-state index < -0.39 is 0 Å². The lowest BCUT2D eigenvalue weighted by Gasteiger charge is -2.31. The van der Waals surface area contributed by atoms with Gasteiger partial charge < -0.3 is 20.1 Å². The molecular formula is C18H28N2O3. The molecule has 0 aromatic heterocycles. The van der Waals surface area contributed by atoms with E-state index in [-0.39, 0.29) is 18.6 Å². The van der Waals surface area contributed by atoms with Crippen molar-refractivity contribution in [1.82, 2.24) is 4.90 Å². The summed E-state index contributed by atoms with van der Waals surface area (Å²) in [5, 5.41) is 12.2. The van der Waals surface area contributed by atoms with Gasteiger partial charge in [0, 0.05) is 25.4 Å². The first kappa shape index (κ1) is 17.6. The third-order valence-corrected chi connectivity index (χ3v) is 4.13. The molecule has 0 aliphatic carbocycles. The number of carbonyl (C=O) groups excluding carboxylic acids is 1. The molecule has 5 nitrogen and oxygen atoms in total. The van der Waals surface area contributed by atoms with Crippen molar-refractivity contribution in [3.05, 3.63) is 24.3 Å². The number of urea groups is 1. The second kappa shape index (κ2) is 8.77. The number of likely N-dealkylation sites (tertiary alicyclic amines) is 1. The van der Waals surface area contributed by atoms with Gasteiger partial charge in [-0.05, 0) is 55.4 Å². The van der Waals surface area contributed by atoms with E-state index in [2.05, 4.69) is 19.2 Å². The highest BCUT2D eigenvalue weighted by Gasteiger charge is 2.23. The van der Waals surface area contributed by atoms with Crippen molar-refractivity contribution in [2.45, 2.75) is 33.1 Å². The van der Waals surface area contributed by atoms with E-state index in [0.717, 1.165) is 37.2 Å². The molecule has 1 fully saturated rings. The minimum atomic E-state index is -0.100. The number of aliphatic hydroxyl groups excluding tert-OH is 1. The van der Waals surface area contributed by atoms with E-state index >= 15 is 0 Å². The predicted molar refractivity (Wildman–Crippen MR) is 91.8 cm³/mol. The van der Waals surface area contributed by atoms with Crippen LogP contribution in [0.5, 0.6) is 5.75 Å². The van der Waals surface area contributed by atoms with E-state index in [1.807, 2.05) is 24.3 Å². The summed E-state index contributed by atoms with van der Waals surface area (Å²) in [7, 11) is 0. The van der Waals surface area contributed by atoms with E-state index in [0.29, 0.717) is 19.1 Å². The average molecular weight is 320 g/mol. The summed E-state index contributed by atoms with van der Waals surface area (Å²) < 4.78 is 5.67. The van der Waals surface area contributed by atoms with Crippen molar-refractivity contribution < 1.29 is 14.6 Å². The highest BCUT2D eigenvalue weighted by atomic mass is 16.5. The molecule has 1 heterocycles. The molecule has 1 aromatic rings. The Labute approximate surface area is 138 Å². The van der Waals surface area contributed by atoms with E-state index in [1.165, 1.54) is 0 Å². The standard InChI is InChI=1S/C18H28N2O3/c1-14(2)9-11-23-17-7-5-16(6-8-17)19-18(22)20-10-3-4-15(12-20)13-21/h5-8,14-15,21H,3-4,9-13H2,1-2H3,(H,19,22)/t15-/m0/s1. The van der Waals surface area contributed by atoms with E-state index in [9.17, 15) is 9.90 Å². The number of nitrogens with zero attached hydrogens (tertiary/aromatic N) is 1. The molecule has 2 rings (SSSR count). The fraction of sp³-hybridized carbons (Fsp3) is 0.611. The lowest BCUT2D eigenvalue weighted by atomic mass is 9.99. The zero-order chi connectivity index (χ0) is 16.7. The van der Waals surface area contributed by atoms with Gasteiger partial charge >= 0.3 is 6.03 Å². The zero-order valence-electron chi connectivity index (χ0n) is 14.1. The summed E-state index contributed by atoms with van der Waals surface area (Å²) in [4.78, 5) is 14.0. The number of aliphatic hydroxyl groups is 1. The van der Waals surface area contributed by atoms with Gasteiger partial charge in [0.05, 0.1) is 6.61 Å². The number of benzene rings is 1. The van der Waals surface area contributed by atoms with Crippen LogP contribution in [0.4, 0.5) is 10.5 Å². The monoisotopic (exact) mass is 320 g/mol. The molecule has 128 valence electrons. The normalized spacial score (nSPS) is 18.1. The molecular weight excluding hydrogens is 292 g/mol. The first-order valence-electron chi connectivity index (χ1n) is 8.48. The van der Waals surface area contributed by atoms with Crippen LogP contribution in [0.1, 0.15) is 33.1 Å². The molecule has 0 bridgehead atoms. The maximum Gasteiger partial charge on any atom is 0.321 e.